The first-order valence-corrected chi connectivity index (χ1v) is 5.37. The number of anilines is 1. The molecule has 1 aliphatic heterocycles. The second-order valence-electron chi connectivity index (χ2n) is 4.15. The molecule has 16 heavy (non-hydrogen) atoms. The summed E-state index contributed by atoms with van der Waals surface area (Å²) in [5, 5.41) is 9.15. The molecule has 3 N–H and O–H groups in total. The SMILES string of the molecule is Nc1ccc(CC2(C(=O)O)COC2)cc1S. The van der Waals surface area contributed by atoms with E-state index in [4.69, 9.17) is 15.6 Å². The van der Waals surface area contributed by atoms with E-state index in [0.717, 1.165) is 5.56 Å². The summed E-state index contributed by atoms with van der Waals surface area (Å²) in [6, 6.07) is 5.38. The maximum absolute atomic E-state index is 11.1. The van der Waals surface area contributed by atoms with E-state index in [1.807, 2.05) is 6.07 Å². The second kappa shape index (κ2) is 3.99. The van der Waals surface area contributed by atoms with Gasteiger partial charge in [0.25, 0.3) is 0 Å². The summed E-state index contributed by atoms with van der Waals surface area (Å²) < 4.78 is 5.00. The number of aliphatic carboxylic acids is 1. The Morgan fingerprint density at radius 2 is 2.25 bits per heavy atom. The van der Waals surface area contributed by atoms with Crippen LogP contribution in [0.2, 0.25) is 0 Å². The number of carboxylic acids is 1. The molecule has 4 nitrogen and oxygen atoms in total. The van der Waals surface area contributed by atoms with E-state index >= 15 is 0 Å². The minimum atomic E-state index is -0.809. The molecule has 5 heteroatoms. The summed E-state index contributed by atoms with van der Waals surface area (Å²) >= 11 is 4.21. The van der Waals surface area contributed by atoms with Crippen LogP contribution in [0.4, 0.5) is 5.69 Å². The lowest BCUT2D eigenvalue weighted by Crippen LogP contribution is -2.50. The van der Waals surface area contributed by atoms with Gasteiger partial charge in [0.1, 0.15) is 5.41 Å². The molecule has 0 saturated carbocycles. The molecule has 0 spiro atoms. The molecule has 1 aromatic carbocycles. The van der Waals surface area contributed by atoms with Gasteiger partial charge in [0.05, 0.1) is 13.2 Å². The lowest BCUT2D eigenvalue weighted by Gasteiger charge is -2.37. The molecule has 1 aromatic rings. The zero-order valence-electron chi connectivity index (χ0n) is 8.64. The number of nitrogens with two attached hydrogens (primary N) is 1. The summed E-state index contributed by atoms with van der Waals surface area (Å²) in [5.41, 5.74) is 6.39. The van der Waals surface area contributed by atoms with Crippen molar-refractivity contribution in [3.63, 3.8) is 0 Å². The van der Waals surface area contributed by atoms with Crippen LogP contribution < -0.4 is 5.73 Å². The monoisotopic (exact) mass is 239 g/mol. The first-order valence-electron chi connectivity index (χ1n) is 4.92. The van der Waals surface area contributed by atoms with Gasteiger partial charge in [-0.25, -0.2) is 0 Å². The number of carboxylic acid groups (broad SMARTS) is 1. The van der Waals surface area contributed by atoms with E-state index in [9.17, 15) is 4.79 Å². The van der Waals surface area contributed by atoms with Gasteiger partial charge in [-0.15, -0.1) is 12.6 Å². The Balaban J connectivity index is 2.20. The predicted molar refractivity (Wildman–Crippen MR) is 62.7 cm³/mol. The molecule has 0 unspecified atom stereocenters. The van der Waals surface area contributed by atoms with Crippen LogP contribution in [0.1, 0.15) is 5.56 Å². The van der Waals surface area contributed by atoms with E-state index < -0.39 is 11.4 Å². The van der Waals surface area contributed by atoms with Crippen LogP contribution in [0.3, 0.4) is 0 Å². The summed E-state index contributed by atoms with van der Waals surface area (Å²) in [5.74, 6) is -0.809. The number of carbonyl (C=O) groups is 1. The van der Waals surface area contributed by atoms with Gasteiger partial charge in [-0.2, -0.15) is 0 Å². The normalized spacial score (nSPS) is 17.8. The molecular weight excluding hydrogens is 226 g/mol. The first-order chi connectivity index (χ1) is 7.53. The van der Waals surface area contributed by atoms with Gasteiger partial charge in [0, 0.05) is 10.6 Å². The van der Waals surface area contributed by atoms with Crippen LogP contribution >= 0.6 is 12.6 Å². The molecule has 0 amide bonds. The minimum absolute atomic E-state index is 0.272. The Kier molecular flexibility index (Phi) is 2.82. The fraction of sp³-hybridized carbons (Fsp3) is 0.364. The Morgan fingerprint density at radius 1 is 1.56 bits per heavy atom. The van der Waals surface area contributed by atoms with Crippen LogP contribution in [-0.4, -0.2) is 24.3 Å². The largest absolute Gasteiger partial charge is 0.481 e. The standard InChI is InChI=1S/C11H13NO3S/c12-8-2-1-7(3-9(8)16)4-11(10(13)14)5-15-6-11/h1-3,16H,4-6,12H2,(H,13,14). The van der Waals surface area contributed by atoms with Gasteiger partial charge in [0.2, 0.25) is 0 Å². The average Bonchev–Trinajstić information content (AvgIpc) is 2.16. The third-order valence-electron chi connectivity index (χ3n) is 2.85. The average molecular weight is 239 g/mol. The highest BCUT2D eigenvalue weighted by molar-refractivity contribution is 7.80. The number of benzene rings is 1. The molecule has 2 rings (SSSR count). The summed E-state index contributed by atoms with van der Waals surface area (Å²) in [4.78, 5) is 11.8. The zero-order chi connectivity index (χ0) is 11.8. The van der Waals surface area contributed by atoms with Crippen molar-refractivity contribution in [2.45, 2.75) is 11.3 Å². The number of hydrogen-bond donors (Lipinski definition) is 3. The van der Waals surface area contributed by atoms with Gasteiger partial charge in [-0.1, -0.05) is 6.07 Å². The predicted octanol–water partition coefficient (Wildman–Crippen LogP) is 1.20. The minimum Gasteiger partial charge on any atom is -0.481 e. The lowest BCUT2D eigenvalue weighted by molar-refractivity contribution is -0.179. The highest BCUT2D eigenvalue weighted by atomic mass is 32.1. The number of hydrogen-bond acceptors (Lipinski definition) is 4. The summed E-state index contributed by atoms with van der Waals surface area (Å²) in [7, 11) is 0. The zero-order valence-corrected chi connectivity index (χ0v) is 9.54. The highest BCUT2D eigenvalue weighted by Gasteiger charge is 2.46. The maximum Gasteiger partial charge on any atom is 0.314 e. The smallest absolute Gasteiger partial charge is 0.314 e. The summed E-state index contributed by atoms with van der Waals surface area (Å²) in [6.07, 6.45) is 0.455. The van der Waals surface area contributed by atoms with Gasteiger partial charge >= 0.3 is 5.97 Å². The second-order valence-corrected chi connectivity index (χ2v) is 4.63. The quantitative estimate of drug-likeness (QED) is 0.547. The van der Waals surface area contributed by atoms with Crippen LogP contribution in [-0.2, 0) is 16.0 Å². The molecule has 0 radical (unpaired) electrons. The van der Waals surface area contributed by atoms with E-state index in [1.165, 1.54) is 0 Å². The Morgan fingerprint density at radius 3 is 2.69 bits per heavy atom. The van der Waals surface area contributed by atoms with E-state index in [2.05, 4.69) is 12.6 Å². The van der Waals surface area contributed by atoms with E-state index in [-0.39, 0.29) is 13.2 Å². The van der Waals surface area contributed by atoms with E-state index in [0.29, 0.717) is 17.0 Å². The number of ether oxygens (including phenoxy) is 1. The van der Waals surface area contributed by atoms with Crippen LogP contribution in [0.5, 0.6) is 0 Å². The van der Waals surface area contributed by atoms with Crippen molar-refractivity contribution >= 4 is 24.3 Å². The topological polar surface area (TPSA) is 72.6 Å². The van der Waals surface area contributed by atoms with Crippen molar-refractivity contribution in [3.05, 3.63) is 23.8 Å². The van der Waals surface area contributed by atoms with Crippen molar-refractivity contribution in [1.82, 2.24) is 0 Å². The molecular formula is C11H13NO3S. The number of thiol groups is 1. The van der Waals surface area contributed by atoms with Crippen molar-refractivity contribution in [2.75, 3.05) is 18.9 Å². The third kappa shape index (κ3) is 1.88. The number of nitrogen functional groups attached to an aromatic ring is 1. The van der Waals surface area contributed by atoms with Gasteiger partial charge in [-0.05, 0) is 24.1 Å². The van der Waals surface area contributed by atoms with Crippen molar-refractivity contribution in [2.24, 2.45) is 5.41 Å². The molecule has 1 fully saturated rings. The third-order valence-corrected chi connectivity index (χ3v) is 3.24. The Labute approximate surface area is 98.8 Å². The summed E-state index contributed by atoms with van der Waals surface area (Å²) in [6.45, 7) is 0.545. The molecule has 0 bridgehead atoms. The molecule has 1 heterocycles. The first kappa shape index (κ1) is 11.3. The maximum atomic E-state index is 11.1. The molecule has 0 aliphatic carbocycles. The van der Waals surface area contributed by atoms with Crippen molar-refractivity contribution in [3.8, 4) is 0 Å². The Hall–Kier alpha value is -1.20. The lowest BCUT2D eigenvalue weighted by atomic mass is 9.80. The van der Waals surface area contributed by atoms with Gasteiger partial charge in [0.15, 0.2) is 0 Å². The fourth-order valence-electron chi connectivity index (χ4n) is 1.74. The van der Waals surface area contributed by atoms with Crippen molar-refractivity contribution in [1.29, 1.82) is 0 Å². The molecule has 86 valence electrons. The van der Waals surface area contributed by atoms with Gasteiger partial charge in [-0.3, -0.25) is 4.79 Å². The molecule has 0 atom stereocenters. The van der Waals surface area contributed by atoms with E-state index in [1.54, 1.807) is 12.1 Å². The molecule has 1 aliphatic rings. The van der Waals surface area contributed by atoms with Gasteiger partial charge < -0.3 is 15.6 Å². The van der Waals surface area contributed by atoms with Crippen molar-refractivity contribution < 1.29 is 14.6 Å². The van der Waals surface area contributed by atoms with Crippen LogP contribution in [0, 0.1) is 5.41 Å². The Bertz CT molecular complexity index is 429. The number of rotatable bonds is 3. The fourth-order valence-corrected chi connectivity index (χ4v) is 1.98. The van der Waals surface area contributed by atoms with Crippen LogP contribution in [0.15, 0.2) is 23.1 Å². The van der Waals surface area contributed by atoms with Crippen LogP contribution in [0.25, 0.3) is 0 Å². The molecule has 0 aromatic heterocycles. The highest BCUT2D eigenvalue weighted by Crippen LogP contribution is 2.33. The molecule has 1 saturated heterocycles.